The van der Waals surface area contributed by atoms with Crippen molar-refractivity contribution in [3.05, 3.63) is 24.3 Å². The van der Waals surface area contributed by atoms with Gasteiger partial charge in [0, 0.05) is 37.9 Å². The minimum Gasteiger partial charge on any atom is -0.380 e. The van der Waals surface area contributed by atoms with Gasteiger partial charge in [-0.1, -0.05) is 12.8 Å². The van der Waals surface area contributed by atoms with E-state index in [4.69, 9.17) is 9.47 Å². The maximum absolute atomic E-state index is 12.9. The molecule has 2 aliphatic heterocycles. The summed E-state index contributed by atoms with van der Waals surface area (Å²) in [5, 5.41) is 0. The highest BCUT2D eigenvalue weighted by molar-refractivity contribution is 5.92. The molecule has 3 heterocycles. The Labute approximate surface area is 155 Å². The van der Waals surface area contributed by atoms with Crippen LogP contribution in [0.5, 0.6) is 0 Å². The molecule has 3 fully saturated rings. The molecular formula is C20H29N3O3. The van der Waals surface area contributed by atoms with Gasteiger partial charge in [0.2, 0.25) is 0 Å². The number of fused-ring (bicyclic) bond motifs is 1. The average molecular weight is 359 g/mol. The number of carbonyl (C=O) groups excluding carboxylic acids is 1. The van der Waals surface area contributed by atoms with Crippen LogP contribution in [0.2, 0.25) is 0 Å². The molecule has 1 aromatic heterocycles. The first-order chi connectivity index (χ1) is 12.8. The second-order valence-corrected chi connectivity index (χ2v) is 8.10. The summed E-state index contributed by atoms with van der Waals surface area (Å²) < 4.78 is 12.3. The number of ether oxygens (including phenoxy) is 2. The fourth-order valence-corrected chi connectivity index (χ4v) is 4.86. The van der Waals surface area contributed by atoms with E-state index in [-0.39, 0.29) is 17.4 Å². The molecule has 6 nitrogen and oxygen atoms in total. The lowest BCUT2D eigenvalue weighted by Crippen LogP contribution is -2.58. The Balaban J connectivity index is 1.43. The molecule has 0 N–H and O–H groups in total. The van der Waals surface area contributed by atoms with Gasteiger partial charge >= 0.3 is 0 Å². The van der Waals surface area contributed by atoms with Gasteiger partial charge in [-0.3, -0.25) is 4.79 Å². The fraction of sp³-hybridized carbons (Fsp3) is 0.750. The van der Waals surface area contributed by atoms with Crippen LogP contribution >= 0.6 is 0 Å². The van der Waals surface area contributed by atoms with Gasteiger partial charge in [-0.15, -0.1) is 0 Å². The van der Waals surface area contributed by atoms with Crippen LogP contribution in [0, 0.1) is 11.3 Å². The van der Waals surface area contributed by atoms with Crippen molar-refractivity contribution in [1.29, 1.82) is 0 Å². The maximum Gasteiger partial charge on any atom is 0.272 e. The summed E-state index contributed by atoms with van der Waals surface area (Å²) in [6, 6.07) is 1.69. The van der Waals surface area contributed by atoms with Crippen molar-refractivity contribution >= 4 is 5.91 Å². The van der Waals surface area contributed by atoms with E-state index in [0.29, 0.717) is 18.8 Å². The quantitative estimate of drug-likeness (QED) is 0.809. The third-order valence-electron chi connectivity index (χ3n) is 6.29. The van der Waals surface area contributed by atoms with E-state index in [1.54, 1.807) is 12.3 Å². The standard InChI is InChI=1S/C20H29N3O3/c24-19(17-6-9-21-15-22-17)23-10-7-18-20(13-23,8-3-11-26-18)14-25-12-16-4-1-2-5-16/h6,9,15-16,18H,1-5,7-8,10-14H2/t18-,20+/m0/s1. The van der Waals surface area contributed by atoms with E-state index in [9.17, 15) is 4.79 Å². The molecule has 0 bridgehead atoms. The molecule has 2 saturated heterocycles. The molecule has 0 aromatic carbocycles. The van der Waals surface area contributed by atoms with E-state index in [1.807, 2.05) is 4.90 Å². The molecule has 3 aliphatic rings. The number of nitrogens with zero attached hydrogens (tertiary/aromatic N) is 3. The second-order valence-electron chi connectivity index (χ2n) is 8.10. The molecule has 4 rings (SSSR count). The monoisotopic (exact) mass is 359 g/mol. The molecule has 26 heavy (non-hydrogen) atoms. The van der Waals surface area contributed by atoms with E-state index < -0.39 is 0 Å². The van der Waals surface area contributed by atoms with Crippen molar-refractivity contribution in [2.24, 2.45) is 11.3 Å². The number of likely N-dealkylation sites (tertiary alicyclic amines) is 1. The van der Waals surface area contributed by atoms with E-state index in [0.717, 1.165) is 44.9 Å². The number of rotatable bonds is 5. The van der Waals surface area contributed by atoms with Crippen molar-refractivity contribution in [3.63, 3.8) is 0 Å². The maximum atomic E-state index is 12.9. The summed E-state index contributed by atoms with van der Waals surface area (Å²) in [5.74, 6) is 0.711. The SMILES string of the molecule is O=C(c1ccncn1)N1CC[C@@H]2OCCC[C@]2(COCC2CCCC2)C1. The van der Waals surface area contributed by atoms with Gasteiger partial charge in [0.1, 0.15) is 12.0 Å². The third-order valence-corrected chi connectivity index (χ3v) is 6.29. The molecule has 0 spiro atoms. The first-order valence-electron chi connectivity index (χ1n) is 10.0. The number of hydrogen-bond donors (Lipinski definition) is 0. The molecular weight excluding hydrogens is 330 g/mol. The summed E-state index contributed by atoms with van der Waals surface area (Å²) in [7, 11) is 0. The van der Waals surface area contributed by atoms with E-state index in [1.165, 1.54) is 32.0 Å². The van der Waals surface area contributed by atoms with Gasteiger partial charge in [0.25, 0.3) is 5.91 Å². The number of carbonyl (C=O) groups is 1. The molecule has 6 heteroatoms. The number of hydrogen-bond acceptors (Lipinski definition) is 5. The first kappa shape index (κ1) is 17.9. The highest BCUT2D eigenvalue weighted by atomic mass is 16.5. The summed E-state index contributed by atoms with van der Waals surface area (Å²) in [5.41, 5.74) is 0.398. The second kappa shape index (κ2) is 8.01. The van der Waals surface area contributed by atoms with Crippen molar-refractivity contribution < 1.29 is 14.3 Å². The van der Waals surface area contributed by atoms with Crippen LogP contribution in [0.3, 0.4) is 0 Å². The van der Waals surface area contributed by atoms with Crippen LogP contribution < -0.4 is 0 Å². The highest BCUT2D eigenvalue weighted by Gasteiger charge is 2.47. The lowest BCUT2D eigenvalue weighted by atomic mass is 9.73. The van der Waals surface area contributed by atoms with Crippen molar-refractivity contribution in [2.45, 2.75) is 51.0 Å². The van der Waals surface area contributed by atoms with Crippen LogP contribution in [-0.2, 0) is 9.47 Å². The van der Waals surface area contributed by atoms with Gasteiger partial charge in [-0.25, -0.2) is 9.97 Å². The lowest BCUT2D eigenvalue weighted by molar-refractivity contribution is -0.148. The summed E-state index contributed by atoms with van der Waals surface area (Å²) in [4.78, 5) is 22.8. The zero-order valence-corrected chi connectivity index (χ0v) is 15.4. The van der Waals surface area contributed by atoms with Crippen molar-refractivity contribution in [3.8, 4) is 0 Å². The largest absolute Gasteiger partial charge is 0.380 e. The van der Waals surface area contributed by atoms with Crippen molar-refractivity contribution in [1.82, 2.24) is 14.9 Å². The zero-order chi connectivity index (χ0) is 17.8. The topological polar surface area (TPSA) is 64.6 Å². The Morgan fingerprint density at radius 2 is 2.19 bits per heavy atom. The van der Waals surface area contributed by atoms with Crippen LogP contribution in [0.1, 0.15) is 55.4 Å². The Bertz CT molecular complexity index is 606. The smallest absolute Gasteiger partial charge is 0.272 e. The Morgan fingerprint density at radius 3 is 3.00 bits per heavy atom. The van der Waals surface area contributed by atoms with Crippen LogP contribution in [0.4, 0.5) is 0 Å². The predicted molar refractivity (Wildman–Crippen MR) is 96.7 cm³/mol. The molecule has 1 amide bonds. The predicted octanol–water partition coefficient (Wildman–Crippen LogP) is 2.69. The highest BCUT2D eigenvalue weighted by Crippen LogP contribution is 2.41. The van der Waals surface area contributed by atoms with E-state index >= 15 is 0 Å². The normalized spacial score (nSPS) is 29.5. The Morgan fingerprint density at radius 1 is 1.31 bits per heavy atom. The molecule has 2 atom stereocenters. The Kier molecular flexibility index (Phi) is 5.50. The zero-order valence-electron chi connectivity index (χ0n) is 15.4. The third kappa shape index (κ3) is 3.76. The Hall–Kier alpha value is -1.53. The summed E-state index contributed by atoms with van der Waals surface area (Å²) in [6.07, 6.45) is 11.5. The summed E-state index contributed by atoms with van der Waals surface area (Å²) in [6.45, 7) is 3.80. The van der Waals surface area contributed by atoms with Gasteiger partial charge < -0.3 is 14.4 Å². The number of piperidine rings is 1. The van der Waals surface area contributed by atoms with Crippen LogP contribution in [-0.4, -0.2) is 59.8 Å². The first-order valence-corrected chi connectivity index (χ1v) is 10.0. The molecule has 1 saturated carbocycles. The van der Waals surface area contributed by atoms with Crippen LogP contribution in [0.15, 0.2) is 18.6 Å². The van der Waals surface area contributed by atoms with Crippen LogP contribution in [0.25, 0.3) is 0 Å². The minimum atomic E-state index is -0.0716. The lowest BCUT2D eigenvalue weighted by Gasteiger charge is -2.50. The molecule has 142 valence electrons. The minimum absolute atomic E-state index is 0.00779. The number of amides is 1. The molecule has 0 unspecified atom stereocenters. The molecule has 1 aromatic rings. The summed E-state index contributed by atoms with van der Waals surface area (Å²) >= 11 is 0. The van der Waals surface area contributed by atoms with Gasteiger partial charge in [-0.05, 0) is 44.1 Å². The average Bonchev–Trinajstić information content (AvgIpc) is 3.21. The molecule has 0 radical (unpaired) electrons. The van der Waals surface area contributed by atoms with E-state index in [2.05, 4.69) is 9.97 Å². The number of aromatic nitrogens is 2. The molecule has 1 aliphatic carbocycles. The van der Waals surface area contributed by atoms with Crippen molar-refractivity contribution in [2.75, 3.05) is 32.9 Å². The van der Waals surface area contributed by atoms with Gasteiger partial charge in [-0.2, -0.15) is 0 Å². The van der Waals surface area contributed by atoms with Gasteiger partial charge in [0.05, 0.1) is 12.7 Å². The van der Waals surface area contributed by atoms with Gasteiger partial charge in [0.15, 0.2) is 0 Å². The fourth-order valence-electron chi connectivity index (χ4n) is 4.86.